The molecule has 2 heterocycles. The van der Waals surface area contributed by atoms with Crippen molar-refractivity contribution in [3.8, 4) is 0 Å². The van der Waals surface area contributed by atoms with Gasteiger partial charge in [-0.3, -0.25) is 9.48 Å². The van der Waals surface area contributed by atoms with E-state index in [-0.39, 0.29) is 5.91 Å². The molecule has 26 heavy (non-hydrogen) atoms. The third-order valence-corrected chi connectivity index (χ3v) is 6.24. The summed E-state index contributed by atoms with van der Waals surface area (Å²) in [6.07, 6.45) is 3.03. The molecule has 0 atom stereocenters. The fourth-order valence-corrected chi connectivity index (χ4v) is 4.36. The van der Waals surface area contributed by atoms with Crippen LogP contribution in [-0.4, -0.2) is 65.7 Å². The second-order valence-corrected chi connectivity index (χ2v) is 9.60. The molecule has 2 rings (SSSR count). The van der Waals surface area contributed by atoms with Gasteiger partial charge in [-0.15, -0.1) is 0 Å². The van der Waals surface area contributed by atoms with Crippen molar-refractivity contribution in [1.82, 2.24) is 19.0 Å². The van der Waals surface area contributed by atoms with Gasteiger partial charge in [0.1, 0.15) is 0 Å². The van der Waals surface area contributed by atoms with E-state index in [1.54, 1.807) is 4.90 Å². The van der Waals surface area contributed by atoms with Crippen LogP contribution >= 0.6 is 0 Å². The molecular weight excluding hydrogens is 352 g/mol. The summed E-state index contributed by atoms with van der Waals surface area (Å²) in [7, 11) is -3.19. The lowest BCUT2D eigenvalue weighted by atomic mass is 10.1. The molecule has 1 aliphatic rings. The molecule has 1 saturated heterocycles. The van der Waals surface area contributed by atoms with E-state index >= 15 is 0 Å². The quantitative estimate of drug-likeness (QED) is 0.746. The fourth-order valence-electron chi connectivity index (χ4n) is 3.48. The fraction of sp³-hybridized carbons (Fsp3) is 0.778. The molecule has 148 valence electrons. The molecule has 0 aliphatic carbocycles. The van der Waals surface area contributed by atoms with Gasteiger partial charge in [-0.05, 0) is 38.2 Å². The number of hydrogen-bond acceptors (Lipinski definition) is 4. The molecule has 7 nitrogen and oxygen atoms in total. The highest BCUT2D eigenvalue weighted by Gasteiger charge is 2.24. The van der Waals surface area contributed by atoms with Gasteiger partial charge in [0.15, 0.2) is 0 Å². The van der Waals surface area contributed by atoms with E-state index in [4.69, 9.17) is 0 Å². The lowest BCUT2D eigenvalue weighted by molar-refractivity contribution is -0.131. The van der Waals surface area contributed by atoms with E-state index < -0.39 is 10.0 Å². The van der Waals surface area contributed by atoms with Gasteiger partial charge >= 0.3 is 0 Å². The Balaban J connectivity index is 1.96. The van der Waals surface area contributed by atoms with Crippen molar-refractivity contribution in [3.63, 3.8) is 0 Å². The van der Waals surface area contributed by atoms with Crippen molar-refractivity contribution >= 4 is 15.9 Å². The maximum absolute atomic E-state index is 12.6. The van der Waals surface area contributed by atoms with Crippen LogP contribution in [0, 0.1) is 19.8 Å². The Morgan fingerprint density at radius 3 is 2.46 bits per heavy atom. The standard InChI is InChI=1S/C18H32N4O3S/c1-14(2)13-22-16(4)17(15(3)19-22)7-8-18(23)20-9-6-10-21(12-11-20)26(5,24)25/h14H,6-13H2,1-5H3. The molecule has 8 heteroatoms. The van der Waals surface area contributed by atoms with Crippen molar-refractivity contribution in [2.75, 3.05) is 32.4 Å². The van der Waals surface area contributed by atoms with Crippen LogP contribution in [0.25, 0.3) is 0 Å². The van der Waals surface area contributed by atoms with Crippen LogP contribution in [0.4, 0.5) is 0 Å². The molecule has 0 bridgehead atoms. The normalized spacial score (nSPS) is 16.9. The maximum Gasteiger partial charge on any atom is 0.222 e. The Bertz CT molecular complexity index is 740. The summed E-state index contributed by atoms with van der Waals surface area (Å²) in [4.78, 5) is 14.4. The SMILES string of the molecule is Cc1nn(CC(C)C)c(C)c1CCC(=O)N1CCCN(S(C)(=O)=O)CC1. The summed E-state index contributed by atoms with van der Waals surface area (Å²) < 4.78 is 26.9. The average Bonchev–Trinajstić information content (AvgIpc) is 2.72. The number of carbonyl (C=O) groups is 1. The molecule has 1 amide bonds. The first-order valence-electron chi connectivity index (χ1n) is 9.35. The highest BCUT2D eigenvalue weighted by atomic mass is 32.2. The minimum atomic E-state index is -3.19. The van der Waals surface area contributed by atoms with E-state index in [2.05, 4.69) is 25.9 Å². The molecule has 0 radical (unpaired) electrons. The van der Waals surface area contributed by atoms with Crippen LogP contribution in [-0.2, 0) is 27.8 Å². The third-order valence-electron chi connectivity index (χ3n) is 4.93. The maximum atomic E-state index is 12.6. The first-order valence-corrected chi connectivity index (χ1v) is 11.2. The molecule has 1 fully saturated rings. The first kappa shape index (κ1) is 20.9. The van der Waals surface area contributed by atoms with Gasteiger partial charge in [-0.1, -0.05) is 13.8 Å². The minimum Gasteiger partial charge on any atom is -0.341 e. The number of nitrogens with zero attached hydrogens (tertiary/aromatic N) is 4. The number of amides is 1. The van der Waals surface area contributed by atoms with Gasteiger partial charge in [-0.25, -0.2) is 12.7 Å². The van der Waals surface area contributed by atoms with Crippen molar-refractivity contribution in [2.45, 2.75) is 53.5 Å². The molecule has 1 aliphatic heterocycles. The Morgan fingerprint density at radius 1 is 1.15 bits per heavy atom. The average molecular weight is 385 g/mol. The van der Waals surface area contributed by atoms with E-state index in [1.165, 1.54) is 10.6 Å². The van der Waals surface area contributed by atoms with Crippen LogP contribution in [0.2, 0.25) is 0 Å². The topological polar surface area (TPSA) is 75.5 Å². The molecule has 1 aromatic heterocycles. The van der Waals surface area contributed by atoms with Crippen molar-refractivity contribution in [1.29, 1.82) is 0 Å². The van der Waals surface area contributed by atoms with Crippen molar-refractivity contribution in [3.05, 3.63) is 17.0 Å². The van der Waals surface area contributed by atoms with Crippen molar-refractivity contribution in [2.24, 2.45) is 5.92 Å². The zero-order chi connectivity index (χ0) is 19.5. The summed E-state index contributed by atoms with van der Waals surface area (Å²) in [5, 5.41) is 4.61. The summed E-state index contributed by atoms with van der Waals surface area (Å²) in [5.74, 6) is 0.619. The first-order chi connectivity index (χ1) is 12.1. The molecule has 0 unspecified atom stereocenters. The van der Waals surface area contributed by atoms with Gasteiger partial charge in [0.05, 0.1) is 11.9 Å². The zero-order valence-corrected chi connectivity index (χ0v) is 17.5. The number of sulfonamides is 1. The lowest BCUT2D eigenvalue weighted by Gasteiger charge is -2.21. The predicted molar refractivity (Wildman–Crippen MR) is 102 cm³/mol. The molecule has 0 N–H and O–H groups in total. The second-order valence-electron chi connectivity index (χ2n) is 7.62. The summed E-state index contributed by atoms with van der Waals surface area (Å²) in [6.45, 7) is 11.2. The monoisotopic (exact) mass is 384 g/mol. The van der Waals surface area contributed by atoms with Gasteiger partial charge in [-0.2, -0.15) is 5.10 Å². The third kappa shape index (κ3) is 5.30. The Morgan fingerprint density at radius 2 is 1.85 bits per heavy atom. The number of aryl methyl sites for hydroxylation is 1. The molecule has 0 aromatic carbocycles. The minimum absolute atomic E-state index is 0.0933. The summed E-state index contributed by atoms with van der Waals surface area (Å²) >= 11 is 0. The molecular formula is C18H32N4O3S. The second kappa shape index (κ2) is 8.52. The van der Waals surface area contributed by atoms with Gasteiger partial charge in [0, 0.05) is 44.8 Å². The summed E-state index contributed by atoms with van der Waals surface area (Å²) in [5.41, 5.74) is 3.30. The Labute approximate surface area is 157 Å². The summed E-state index contributed by atoms with van der Waals surface area (Å²) in [6, 6.07) is 0. The van der Waals surface area contributed by atoms with Crippen LogP contribution in [0.3, 0.4) is 0 Å². The van der Waals surface area contributed by atoms with Gasteiger partial charge in [0.25, 0.3) is 0 Å². The smallest absolute Gasteiger partial charge is 0.222 e. The molecule has 1 aromatic rings. The zero-order valence-electron chi connectivity index (χ0n) is 16.7. The van der Waals surface area contributed by atoms with Gasteiger partial charge < -0.3 is 4.90 Å². The van der Waals surface area contributed by atoms with E-state index in [0.717, 1.165) is 23.5 Å². The molecule has 0 spiro atoms. The van der Waals surface area contributed by atoms with Crippen LogP contribution < -0.4 is 0 Å². The highest BCUT2D eigenvalue weighted by Crippen LogP contribution is 2.17. The van der Waals surface area contributed by atoms with Crippen LogP contribution in [0.5, 0.6) is 0 Å². The lowest BCUT2D eigenvalue weighted by Crippen LogP contribution is -2.37. The number of hydrogen-bond donors (Lipinski definition) is 0. The van der Waals surface area contributed by atoms with E-state index in [1.807, 2.05) is 11.6 Å². The number of aromatic nitrogens is 2. The van der Waals surface area contributed by atoms with Crippen LogP contribution in [0.15, 0.2) is 0 Å². The number of carbonyl (C=O) groups excluding carboxylic acids is 1. The predicted octanol–water partition coefficient (Wildman–Crippen LogP) is 1.58. The largest absolute Gasteiger partial charge is 0.341 e. The Kier molecular flexibility index (Phi) is 6.85. The van der Waals surface area contributed by atoms with E-state index in [0.29, 0.717) is 51.4 Å². The van der Waals surface area contributed by atoms with Crippen molar-refractivity contribution < 1.29 is 13.2 Å². The van der Waals surface area contributed by atoms with E-state index in [9.17, 15) is 13.2 Å². The van der Waals surface area contributed by atoms with Crippen LogP contribution in [0.1, 0.15) is 43.6 Å². The Hall–Kier alpha value is -1.41. The highest BCUT2D eigenvalue weighted by molar-refractivity contribution is 7.88. The van der Waals surface area contributed by atoms with Gasteiger partial charge in [0.2, 0.25) is 15.9 Å². The molecule has 0 saturated carbocycles. The number of rotatable bonds is 6.